The quantitative estimate of drug-likeness (QED) is 0.386. The van der Waals surface area contributed by atoms with E-state index in [0.29, 0.717) is 12.0 Å². The van der Waals surface area contributed by atoms with Crippen LogP contribution in [-0.2, 0) is 9.53 Å². The third-order valence-electron chi connectivity index (χ3n) is 3.01. The van der Waals surface area contributed by atoms with Gasteiger partial charge in [0.25, 0.3) is 0 Å². The summed E-state index contributed by atoms with van der Waals surface area (Å²) in [4.78, 5) is 22.7. The summed E-state index contributed by atoms with van der Waals surface area (Å²) in [7, 11) is 0. The average Bonchev–Trinajstić information content (AvgIpc) is 2.46. The first-order chi connectivity index (χ1) is 9.27. The molecule has 1 atom stereocenters. The predicted octanol–water partition coefficient (Wildman–Crippen LogP) is 3.77. The van der Waals surface area contributed by atoms with Crippen LogP contribution in [0.25, 0.3) is 0 Å². The van der Waals surface area contributed by atoms with E-state index >= 15 is 0 Å². The lowest BCUT2D eigenvalue weighted by Gasteiger charge is -2.11. The highest BCUT2D eigenvalue weighted by atomic mass is 16.5. The minimum absolute atomic E-state index is 0.425. The molecule has 0 radical (unpaired) electrons. The molecule has 3 nitrogen and oxygen atoms in total. The highest BCUT2D eigenvalue weighted by Crippen LogP contribution is 2.10. The summed E-state index contributed by atoms with van der Waals surface area (Å²) in [6.07, 6.45) is 6.32. The van der Waals surface area contributed by atoms with Gasteiger partial charge in [0.15, 0.2) is 12.4 Å². The van der Waals surface area contributed by atoms with E-state index in [1.165, 1.54) is 19.3 Å². The van der Waals surface area contributed by atoms with Crippen molar-refractivity contribution in [2.75, 3.05) is 0 Å². The van der Waals surface area contributed by atoms with Crippen molar-refractivity contribution < 1.29 is 14.3 Å². The predicted molar refractivity (Wildman–Crippen MR) is 75.1 cm³/mol. The van der Waals surface area contributed by atoms with Gasteiger partial charge in [-0.05, 0) is 25.0 Å². The zero-order valence-electron chi connectivity index (χ0n) is 11.5. The lowest BCUT2D eigenvalue weighted by Crippen LogP contribution is -2.19. The number of rotatable bonds is 9. The normalized spacial score (nSPS) is 11.8. The molecule has 0 aliphatic rings. The fraction of sp³-hybridized carbons (Fsp3) is 0.500. The Balaban J connectivity index is 2.32. The van der Waals surface area contributed by atoms with Gasteiger partial charge in [0, 0.05) is 0 Å². The molecule has 19 heavy (non-hydrogen) atoms. The number of hydrogen-bond donors (Lipinski definition) is 0. The Hall–Kier alpha value is -1.64. The zero-order valence-corrected chi connectivity index (χ0v) is 11.5. The van der Waals surface area contributed by atoms with Crippen LogP contribution in [0, 0.1) is 0 Å². The van der Waals surface area contributed by atoms with E-state index in [9.17, 15) is 9.59 Å². The summed E-state index contributed by atoms with van der Waals surface area (Å²) in [5, 5.41) is 0. The smallest absolute Gasteiger partial charge is 0.338 e. The van der Waals surface area contributed by atoms with Crippen molar-refractivity contribution in [1.82, 2.24) is 0 Å². The molecule has 0 heterocycles. The van der Waals surface area contributed by atoms with Crippen LogP contribution < -0.4 is 0 Å². The first-order valence-corrected chi connectivity index (χ1v) is 6.99. The highest BCUT2D eigenvalue weighted by Gasteiger charge is 2.14. The molecule has 1 aromatic rings. The topological polar surface area (TPSA) is 43.4 Å². The summed E-state index contributed by atoms with van der Waals surface area (Å²) < 4.78 is 5.19. The number of carbonyl (C=O) groups is 2. The van der Waals surface area contributed by atoms with Gasteiger partial charge in [-0.1, -0.05) is 50.8 Å². The molecule has 0 unspecified atom stereocenters. The molecule has 0 saturated heterocycles. The van der Waals surface area contributed by atoms with Crippen LogP contribution in [0.1, 0.15) is 55.8 Å². The van der Waals surface area contributed by atoms with Crippen LogP contribution >= 0.6 is 0 Å². The van der Waals surface area contributed by atoms with Gasteiger partial charge >= 0.3 is 5.97 Å². The number of hydrogen-bond acceptors (Lipinski definition) is 3. The van der Waals surface area contributed by atoms with Crippen molar-refractivity contribution in [3.8, 4) is 0 Å². The van der Waals surface area contributed by atoms with Gasteiger partial charge < -0.3 is 4.74 Å². The summed E-state index contributed by atoms with van der Waals surface area (Å²) in [5.41, 5.74) is 0.486. The Bertz CT molecular complexity index is 373. The monoisotopic (exact) mass is 262 g/mol. The fourth-order valence-electron chi connectivity index (χ4n) is 1.88. The van der Waals surface area contributed by atoms with E-state index in [1.54, 1.807) is 24.3 Å². The third kappa shape index (κ3) is 6.18. The first kappa shape index (κ1) is 15.4. The second kappa shape index (κ2) is 9.31. The maximum atomic E-state index is 11.8. The Morgan fingerprint density at radius 1 is 1.16 bits per heavy atom. The first-order valence-electron chi connectivity index (χ1n) is 6.99. The number of ether oxygens (including phenoxy) is 1. The third-order valence-corrected chi connectivity index (χ3v) is 3.01. The van der Waals surface area contributed by atoms with Crippen molar-refractivity contribution in [2.45, 2.75) is 51.6 Å². The number of benzene rings is 1. The Morgan fingerprint density at radius 2 is 1.84 bits per heavy atom. The SMILES string of the molecule is CCCCCCC[C@@H](C=O)OC(=O)c1ccccc1. The maximum absolute atomic E-state index is 11.8. The largest absolute Gasteiger partial charge is 0.451 e. The molecule has 0 aliphatic carbocycles. The van der Waals surface area contributed by atoms with E-state index in [-0.39, 0.29) is 0 Å². The molecule has 3 heteroatoms. The summed E-state index contributed by atoms with van der Waals surface area (Å²) >= 11 is 0. The number of aldehydes is 1. The van der Waals surface area contributed by atoms with Gasteiger partial charge in [-0.15, -0.1) is 0 Å². The van der Waals surface area contributed by atoms with Gasteiger partial charge in [-0.2, -0.15) is 0 Å². The second-order valence-corrected chi connectivity index (χ2v) is 4.65. The molecule has 0 bridgehead atoms. The van der Waals surface area contributed by atoms with Crippen LogP contribution in [0.5, 0.6) is 0 Å². The van der Waals surface area contributed by atoms with E-state index in [4.69, 9.17) is 4.74 Å². The molecular formula is C16H22O3. The fourth-order valence-corrected chi connectivity index (χ4v) is 1.88. The lowest BCUT2D eigenvalue weighted by molar-refractivity contribution is -0.115. The molecule has 0 fully saturated rings. The zero-order chi connectivity index (χ0) is 13.9. The van der Waals surface area contributed by atoms with Crippen LogP contribution in [0.2, 0.25) is 0 Å². The molecule has 1 aromatic carbocycles. The molecule has 104 valence electrons. The number of unbranched alkanes of at least 4 members (excludes halogenated alkanes) is 4. The maximum Gasteiger partial charge on any atom is 0.338 e. The van der Waals surface area contributed by atoms with Crippen LogP contribution in [-0.4, -0.2) is 18.4 Å². The van der Waals surface area contributed by atoms with Gasteiger partial charge in [0.2, 0.25) is 0 Å². The van der Waals surface area contributed by atoms with E-state index in [1.807, 2.05) is 6.07 Å². The van der Waals surface area contributed by atoms with Gasteiger partial charge in [-0.3, -0.25) is 4.79 Å². The minimum Gasteiger partial charge on any atom is -0.451 e. The Morgan fingerprint density at radius 3 is 2.47 bits per heavy atom. The summed E-state index contributed by atoms with van der Waals surface area (Å²) in [6.45, 7) is 2.16. The number of carbonyl (C=O) groups excluding carboxylic acids is 2. The molecule has 0 amide bonds. The molecule has 0 aliphatic heterocycles. The van der Waals surface area contributed by atoms with Crippen molar-refractivity contribution in [3.05, 3.63) is 35.9 Å². The van der Waals surface area contributed by atoms with Crippen molar-refractivity contribution in [3.63, 3.8) is 0 Å². The second-order valence-electron chi connectivity index (χ2n) is 4.65. The molecule has 0 saturated carbocycles. The lowest BCUT2D eigenvalue weighted by atomic mass is 10.1. The molecule has 0 N–H and O–H groups in total. The van der Waals surface area contributed by atoms with Gasteiger partial charge in [-0.25, -0.2) is 4.79 Å². The Kier molecular flexibility index (Phi) is 7.56. The van der Waals surface area contributed by atoms with Gasteiger partial charge in [0.1, 0.15) is 0 Å². The van der Waals surface area contributed by atoms with Crippen molar-refractivity contribution in [1.29, 1.82) is 0 Å². The molecule has 0 spiro atoms. The van der Waals surface area contributed by atoms with Crippen LogP contribution in [0.15, 0.2) is 30.3 Å². The summed E-state index contributed by atoms with van der Waals surface area (Å²) in [6, 6.07) is 8.76. The van der Waals surface area contributed by atoms with E-state index in [0.717, 1.165) is 19.1 Å². The Labute approximate surface area is 115 Å². The van der Waals surface area contributed by atoms with E-state index in [2.05, 4.69) is 6.92 Å². The minimum atomic E-state index is -0.616. The standard InChI is InChI=1S/C16H22O3/c1-2-3-4-5-9-12-15(13-17)19-16(18)14-10-7-6-8-11-14/h6-8,10-11,13,15H,2-5,9,12H2,1H3/t15-/m0/s1. The summed E-state index contributed by atoms with van der Waals surface area (Å²) in [5.74, 6) is -0.425. The highest BCUT2D eigenvalue weighted by molar-refractivity contribution is 5.90. The molecule has 1 rings (SSSR count). The number of esters is 1. The van der Waals surface area contributed by atoms with E-state index < -0.39 is 12.1 Å². The van der Waals surface area contributed by atoms with Crippen molar-refractivity contribution in [2.24, 2.45) is 0 Å². The van der Waals surface area contributed by atoms with Crippen LogP contribution in [0.4, 0.5) is 0 Å². The molecule has 0 aromatic heterocycles. The van der Waals surface area contributed by atoms with Crippen molar-refractivity contribution >= 4 is 12.3 Å². The van der Waals surface area contributed by atoms with Gasteiger partial charge in [0.05, 0.1) is 5.56 Å². The average molecular weight is 262 g/mol. The molecular weight excluding hydrogens is 240 g/mol. The van der Waals surface area contributed by atoms with Crippen LogP contribution in [0.3, 0.4) is 0 Å².